The van der Waals surface area contributed by atoms with Crippen molar-refractivity contribution in [2.45, 2.75) is 19.4 Å². The van der Waals surface area contributed by atoms with Crippen LogP contribution in [0.25, 0.3) is 0 Å². The minimum atomic E-state index is -0.283. The van der Waals surface area contributed by atoms with Crippen molar-refractivity contribution in [2.24, 2.45) is 0 Å². The van der Waals surface area contributed by atoms with Gasteiger partial charge >= 0.3 is 0 Å². The highest BCUT2D eigenvalue weighted by Gasteiger charge is 2.15. The quantitative estimate of drug-likeness (QED) is 0.880. The largest absolute Gasteiger partial charge is 0.313 e. The molecule has 2 aromatic carbocycles. The molecule has 0 bridgehead atoms. The van der Waals surface area contributed by atoms with Gasteiger partial charge in [0, 0.05) is 11.1 Å². The molecule has 0 amide bonds. The van der Waals surface area contributed by atoms with Crippen LogP contribution in [-0.2, 0) is 6.42 Å². The van der Waals surface area contributed by atoms with Gasteiger partial charge in [-0.05, 0) is 67.4 Å². The fourth-order valence-corrected chi connectivity index (χ4v) is 2.51. The van der Waals surface area contributed by atoms with Gasteiger partial charge in [-0.15, -0.1) is 0 Å². The van der Waals surface area contributed by atoms with Crippen LogP contribution in [0.15, 0.2) is 36.4 Å². The van der Waals surface area contributed by atoms with Crippen LogP contribution in [0.4, 0.5) is 8.78 Å². The lowest BCUT2D eigenvalue weighted by Gasteiger charge is -2.19. The van der Waals surface area contributed by atoms with Gasteiger partial charge in [0.2, 0.25) is 0 Å². The van der Waals surface area contributed by atoms with Crippen molar-refractivity contribution in [1.82, 2.24) is 5.32 Å². The smallest absolute Gasteiger partial charge is 0.126 e. The molecule has 1 N–H and O–H groups in total. The fourth-order valence-electron chi connectivity index (χ4n) is 2.32. The van der Waals surface area contributed by atoms with Crippen molar-refractivity contribution in [3.8, 4) is 0 Å². The third-order valence-electron chi connectivity index (χ3n) is 3.39. The van der Waals surface area contributed by atoms with Crippen LogP contribution in [0.5, 0.6) is 0 Å². The maximum atomic E-state index is 13.8. The molecule has 0 saturated heterocycles. The van der Waals surface area contributed by atoms with Crippen molar-refractivity contribution >= 4 is 11.6 Å². The Morgan fingerprint density at radius 2 is 1.90 bits per heavy atom. The number of halogens is 3. The van der Waals surface area contributed by atoms with Crippen molar-refractivity contribution < 1.29 is 8.78 Å². The zero-order valence-electron chi connectivity index (χ0n) is 11.4. The molecule has 0 saturated carbocycles. The zero-order valence-corrected chi connectivity index (χ0v) is 12.1. The molecule has 1 unspecified atom stereocenters. The topological polar surface area (TPSA) is 12.0 Å². The summed E-state index contributed by atoms with van der Waals surface area (Å²) in [6.45, 7) is 1.84. The number of rotatable bonds is 4. The number of aryl methyl sites for hydroxylation is 1. The molecule has 2 aromatic rings. The first-order valence-electron chi connectivity index (χ1n) is 6.38. The molecule has 0 aliphatic carbocycles. The summed E-state index contributed by atoms with van der Waals surface area (Å²) in [5, 5.41) is 3.65. The zero-order chi connectivity index (χ0) is 14.7. The highest BCUT2D eigenvalue weighted by Crippen LogP contribution is 2.25. The van der Waals surface area contributed by atoms with Crippen LogP contribution in [0, 0.1) is 18.6 Å². The number of nitrogens with one attached hydrogen (secondary N) is 1. The molecule has 0 aliphatic heterocycles. The molecule has 1 nitrogen and oxygen atoms in total. The number of likely N-dealkylation sites (N-methyl/N-ethyl adjacent to an activating group) is 1. The van der Waals surface area contributed by atoms with E-state index in [1.807, 2.05) is 6.92 Å². The van der Waals surface area contributed by atoms with E-state index < -0.39 is 0 Å². The molecule has 0 radical (unpaired) electrons. The second kappa shape index (κ2) is 6.33. The predicted molar refractivity (Wildman–Crippen MR) is 78.1 cm³/mol. The fraction of sp³-hybridized carbons (Fsp3) is 0.250. The number of hydrogen-bond acceptors (Lipinski definition) is 1. The van der Waals surface area contributed by atoms with Crippen LogP contribution in [-0.4, -0.2) is 7.05 Å². The summed E-state index contributed by atoms with van der Waals surface area (Å²) < 4.78 is 27.0. The Labute approximate surface area is 122 Å². The highest BCUT2D eigenvalue weighted by molar-refractivity contribution is 6.30. The number of benzene rings is 2. The van der Waals surface area contributed by atoms with Crippen molar-refractivity contribution in [1.29, 1.82) is 0 Å². The molecule has 2 rings (SSSR count). The van der Waals surface area contributed by atoms with Crippen LogP contribution in [0.1, 0.15) is 22.7 Å². The summed E-state index contributed by atoms with van der Waals surface area (Å²) in [5.41, 5.74) is 2.33. The van der Waals surface area contributed by atoms with Gasteiger partial charge in [0.1, 0.15) is 11.6 Å². The summed E-state index contributed by atoms with van der Waals surface area (Å²) in [6, 6.07) is 9.05. The van der Waals surface area contributed by atoms with E-state index >= 15 is 0 Å². The summed E-state index contributed by atoms with van der Waals surface area (Å²) in [4.78, 5) is 0. The monoisotopic (exact) mass is 295 g/mol. The molecule has 0 spiro atoms. The van der Waals surface area contributed by atoms with E-state index in [1.54, 1.807) is 19.2 Å². The van der Waals surface area contributed by atoms with Gasteiger partial charge in [-0.3, -0.25) is 0 Å². The summed E-state index contributed by atoms with van der Waals surface area (Å²) in [6.07, 6.45) is 0.454. The van der Waals surface area contributed by atoms with Gasteiger partial charge in [-0.2, -0.15) is 0 Å². The molecule has 106 valence electrons. The first-order chi connectivity index (χ1) is 9.51. The maximum absolute atomic E-state index is 13.8. The SMILES string of the molecule is CNC(Cc1cc(Cl)ccc1F)c1ccc(F)cc1C. The summed E-state index contributed by atoms with van der Waals surface area (Å²) in [5.74, 6) is -0.551. The second-order valence-corrected chi connectivity index (χ2v) is 5.22. The molecule has 0 fully saturated rings. The predicted octanol–water partition coefficient (Wildman–Crippen LogP) is 4.43. The first-order valence-corrected chi connectivity index (χ1v) is 6.76. The van der Waals surface area contributed by atoms with Gasteiger partial charge in [-0.1, -0.05) is 17.7 Å². The molecule has 20 heavy (non-hydrogen) atoms. The third-order valence-corrected chi connectivity index (χ3v) is 3.62. The van der Waals surface area contributed by atoms with Crippen LogP contribution >= 0.6 is 11.6 Å². The van der Waals surface area contributed by atoms with Gasteiger partial charge in [0.25, 0.3) is 0 Å². The first kappa shape index (κ1) is 14.9. The Morgan fingerprint density at radius 1 is 1.15 bits per heavy atom. The highest BCUT2D eigenvalue weighted by atomic mass is 35.5. The van der Waals surface area contributed by atoms with Crippen molar-refractivity contribution in [3.05, 3.63) is 69.7 Å². The van der Waals surface area contributed by atoms with E-state index in [1.165, 1.54) is 24.3 Å². The molecule has 0 aromatic heterocycles. The van der Waals surface area contributed by atoms with E-state index in [4.69, 9.17) is 11.6 Å². The Bertz CT molecular complexity index is 613. The van der Waals surface area contributed by atoms with E-state index in [0.29, 0.717) is 17.0 Å². The van der Waals surface area contributed by atoms with Crippen molar-refractivity contribution in [2.75, 3.05) is 7.05 Å². The number of hydrogen-bond donors (Lipinski definition) is 1. The van der Waals surface area contributed by atoms with Gasteiger partial charge in [-0.25, -0.2) is 8.78 Å². The molecule has 4 heteroatoms. The van der Waals surface area contributed by atoms with Crippen LogP contribution in [0.2, 0.25) is 5.02 Å². The lowest BCUT2D eigenvalue weighted by molar-refractivity contribution is 0.550. The average molecular weight is 296 g/mol. The van der Waals surface area contributed by atoms with E-state index in [2.05, 4.69) is 5.32 Å². The average Bonchev–Trinajstić information content (AvgIpc) is 2.40. The Kier molecular flexibility index (Phi) is 4.73. The molecule has 0 aliphatic rings. The lowest BCUT2D eigenvalue weighted by Crippen LogP contribution is -2.20. The second-order valence-electron chi connectivity index (χ2n) is 4.78. The molecule has 1 atom stereocenters. The van der Waals surface area contributed by atoms with E-state index in [0.717, 1.165) is 11.1 Å². The third kappa shape index (κ3) is 3.35. The lowest BCUT2D eigenvalue weighted by atomic mass is 9.95. The minimum Gasteiger partial charge on any atom is -0.313 e. The van der Waals surface area contributed by atoms with Gasteiger partial charge < -0.3 is 5.32 Å². The van der Waals surface area contributed by atoms with Gasteiger partial charge in [0.05, 0.1) is 0 Å². The van der Waals surface area contributed by atoms with E-state index in [-0.39, 0.29) is 17.7 Å². The normalized spacial score (nSPS) is 12.4. The summed E-state index contributed by atoms with van der Waals surface area (Å²) >= 11 is 5.90. The molecular formula is C16H16ClF2N. The summed E-state index contributed by atoms with van der Waals surface area (Å²) in [7, 11) is 1.80. The molecular weight excluding hydrogens is 280 g/mol. The Hall–Kier alpha value is -1.45. The Balaban J connectivity index is 2.31. The molecule has 0 heterocycles. The van der Waals surface area contributed by atoms with Gasteiger partial charge in [0.15, 0.2) is 0 Å². The van der Waals surface area contributed by atoms with Crippen LogP contribution in [0.3, 0.4) is 0 Å². The van der Waals surface area contributed by atoms with Crippen LogP contribution < -0.4 is 5.32 Å². The minimum absolute atomic E-state index is 0.0939. The standard InChI is InChI=1S/C16H16ClF2N/c1-10-7-13(18)4-5-14(10)16(20-2)9-11-8-12(17)3-6-15(11)19/h3-8,16,20H,9H2,1-2H3. The van der Waals surface area contributed by atoms with E-state index in [9.17, 15) is 8.78 Å². The maximum Gasteiger partial charge on any atom is 0.126 e. The Morgan fingerprint density at radius 3 is 2.55 bits per heavy atom. The van der Waals surface area contributed by atoms with Crippen molar-refractivity contribution in [3.63, 3.8) is 0 Å².